The molecular weight excluding hydrogens is 391 g/mol. The lowest BCUT2D eigenvalue weighted by Gasteiger charge is -2.16. The molecule has 0 saturated heterocycles. The Morgan fingerprint density at radius 1 is 1.10 bits per heavy atom. The van der Waals surface area contributed by atoms with Crippen LogP contribution in [0.15, 0.2) is 72.8 Å². The molecule has 6 heteroatoms. The predicted octanol–water partition coefficient (Wildman–Crippen LogP) is 5.80. The van der Waals surface area contributed by atoms with Gasteiger partial charge in [-0.15, -0.1) is 0 Å². The molecule has 1 atom stereocenters. The van der Waals surface area contributed by atoms with Crippen molar-refractivity contribution >= 4 is 28.6 Å². The molecule has 1 aromatic heterocycles. The van der Waals surface area contributed by atoms with Crippen molar-refractivity contribution in [2.24, 2.45) is 0 Å². The van der Waals surface area contributed by atoms with E-state index in [-0.39, 0.29) is 5.56 Å². The molecule has 0 fully saturated rings. The quantitative estimate of drug-likeness (QED) is 0.392. The summed E-state index contributed by atoms with van der Waals surface area (Å²) in [6.07, 6.45) is -0.609. The minimum absolute atomic E-state index is 0.284. The summed E-state index contributed by atoms with van der Waals surface area (Å²) in [4.78, 5) is 17.1. The Balaban J connectivity index is 1.68. The highest BCUT2D eigenvalue weighted by atomic mass is 35.5. The number of hydrogen-bond acceptors (Lipinski definition) is 3. The zero-order valence-corrected chi connectivity index (χ0v) is 16.4. The van der Waals surface area contributed by atoms with Crippen LogP contribution in [0.25, 0.3) is 11.0 Å². The van der Waals surface area contributed by atoms with Gasteiger partial charge in [-0.3, -0.25) is 0 Å². The molecule has 29 heavy (non-hydrogen) atoms. The fraction of sp³-hybridized carbons (Fsp3) is 0.130. The topological polar surface area (TPSA) is 44.1 Å². The van der Waals surface area contributed by atoms with Crippen molar-refractivity contribution in [3.05, 3.63) is 101 Å². The van der Waals surface area contributed by atoms with Crippen molar-refractivity contribution < 1.29 is 13.9 Å². The second-order valence-electron chi connectivity index (χ2n) is 6.73. The molecule has 146 valence electrons. The highest BCUT2D eigenvalue weighted by Gasteiger charge is 2.21. The number of imidazole rings is 1. The van der Waals surface area contributed by atoms with Crippen LogP contribution in [0.1, 0.15) is 34.8 Å². The maximum Gasteiger partial charge on any atom is 0.338 e. The molecule has 0 aliphatic heterocycles. The number of hydrogen-bond donors (Lipinski definition) is 0. The average molecular weight is 409 g/mol. The van der Waals surface area contributed by atoms with E-state index < -0.39 is 17.9 Å². The summed E-state index contributed by atoms with van der Waals surface area (Å²) in [7, 11) is 0. The van der Waals surface area contributed by atoms with Gasteiger partial charge in [-0.25, -0.2) is 14.2 Å². The summed E-state index contributed by atoms with van der Waals surface area (Å²) in [5, 5.41) is 0.587. The van der Waals surface area contributed by atoms with Crippen LogP contribution in [0.4, 0.5) is 4.39 Å². The van der Waals surface area contributed by atoms with E-state index in [1.165, 1.54) is 24.3 Å². The number of aromatic nitrogens is 2. The first kappa shape index (κ1) is 19.2. The van der Waals surface area contributed by atoms with E-state index in [2.05, 4.69) is 4.98 Å². The second kappa shape index (κ2) is 8.05. The number of esters is 1. The van der Waals surface area contributed by atoms with Crippen LogP contribution < -0.4 is 0 Å². The van der Waals surface area contributed by atoms with Crippen LogP contribution >= 0.6 is 11.6 Å². The van der Waals surface area contributed by atoms with Gasteiger partial charge in [0.1, 0.15) is 5.82 Å². The predicted molar refractivity (Wildman–Crippen MR) is 111 cm³/mol. The zero-order valence-electron chi connectivity index (χ0n) is 15.7. The number of halogens is 2. The van der Waals surface area contributed by atoms with Crippen LogP contribution in [0, 0.1) is 5.82 Å². The average Bonchev–Trinajstić information content (AvgIpc) is 3.06. The van der Waals surface area contributed by atoms with E-state index in [4.69, 9.17) is 16.3 Å². The number of carbonyl (C=O) groups is 1. The normalized spacial score (nSPS) is 12.1. The van der Waals surface area contributed by atoms with Crippen molar-refractivity contribution in [2.75, 3.05) is 0 Å². The lowest BCUT2D eigenvalue weighted by Crippen LogP contribution is -2.14. The molecule has 0 saturated carbocycles. The highest BCUT2D eigenvalue weighted by Crippen LogP contribution is 2.27. The van der Waals surface area contributed by atoms with E-state index in [1.807, 2.05) is 47.0 Å². The Hall–Kier alpha value is -3.18. The van der Waals surface area contributed by atoms with E-state index in [0.29, 0.717) is 17.4 Å². The van der Waals surface area contributed by atoms with Crippen molar-refractivity contribution in [3.63, 3.8) is 0 Å². The molecule has 0 spiro atoms. The smallest absolute Gasteiger partial charge is 0.338 e. The molecule has 0 aliphatic rings. The second-order valence-corrected chi connectivity index (χ2v) is 7.17. The van der Waals surface area contributed by atoms with Gasteiger partial charge in [-0.2, -0.15) is 0 Å². The summed E-state index contributed by atoms with van der Waals surface area (Å²) < 4.78 is 20.8. The minimum atomic E-state index is -0.609. The lowest BCUT2D eigenvalue weighted by atomic mass is 10.2. The van der Waals surface area contributed by atoms with Crippen molar-refractivity contribution in [1.29, 1.82) is 0 Å². The molecule has 0 bridgehead atoms. The SMILES string of the molecule is C[C@H](OC(=O)c1ccc(F)cc1)c1nc2cc(Cl)ccc2n1Cc1ccccc1. The summed E-state index contributed by atoms with van der Waals surface area (Å²) >= 11 is 6.13. The largest absolute Gasteiger partial charge is 0.451 e. The fourth-order valence-electron chi connectivity index (χ4n) is 3.23. The molecule has 0 N–H and O–H groups in total. The van der Waals surface area contributed by atoms with Crippen molar-refractivity contribution in [1.82, 2.24) is 9.55 Å². The molecular formula is C23H18ClFN2O2. The zero-order chi connectivity index (χ0) is 20.4. The number of nitrogens with zero attached hydrogens (tertiary/aromatic N) is 2. The molecule has 4 aromatic rings. The summed E-state index contributed by atoms with van der Waals surface area (Å²) in [6.45, 7) is 2.35. The summed E-state index contributed by atoms with van der Waals surface area (Å²) in [5.41, 5.74) is 3.01. The maximum absolute atomic E-state index is 13.1. The van der Waals surface area contributed by atoms with E-state index in [0.717, 1.165) is 16.6 Å². The lowest BCUT2D eigenvalue weighted by molar-refractivity contribution is 0.0314. The van der Waals surface area contributed by atoms with Crippen LogP contribution in [0.3, 0.4) is 0 Å². The third-order valence-electron chi connectivity index (χ3n) is 4.65. The third kappa shape index (κ3) is 4.15. The number of rotatable bonds is 5. The minimum Gasteiger partial charge on any atom is -0.451 e. The molecule has 0 unspecified atom stereocenters. The summed E-state index contributed by atoms with van der Waals surface area (Å²) in [6, 6.07) is 20.7. The van der Waals surface area contributed by atoms with Crippen LogP contribution in [0.2, 0.25) is 5.02 Å². The number of fused-ring (bicyclic) bond motifs is 1. The Labute approximate surface area is 172 Å². The molecule has 4 rings (SSSR count). The first-order chi connectivity index (χ1) is 14.0. The van der Waals surface area contributed by atoms with Gasteiger partial charge in [-0.1, -0.05) is 41.9 Å². The number of carbonyl (C=O) groups excluding carboxylic acids is 1. The molecule has 1 heterocycles. The summed E-state index contributed by atoms with van der Waals surface area (Å²) in [5.74, 6) is -0.327. The molecule has 4 nitrogen and oxygen atoms in total. The first-order valence-corrected chi connectivity index (χ1v) is 9.55. The van der Waals surface area contributed by atoms with Crippen molar-refractivity contribution in [2.45, 2.75) is 19.6 Å². The van der Waals surface area contributed by atoms with E-state index >= 15 is 0 Å². The van der Waals surface area contributed by atoms with E-state index in [1.54, 1.807) is 13.0 Å². The first-order valence-electron chi connectivity index (χ1n) is 9.17. The molecule has 0 aliphatic carbocycles. The Morgan fingerprint density at radius 3 is 2.55 bits per heavy atom. The maximum atomic E-state index is 13.1. The van der Waals surface area contributed by atoms with Crippen LogP contribution in [-0.4, -0.2) is 15.5 Å². The van der Waals surface area contributed by atoms with Gasteiger partial charge in [0.15, 0.2) is 11.9 Å². The monoisotopic (exact) mass is 408 g/mol. The molecule has 0 radical (unpaired) electrons. The van der Waals surface area contributed by atoms with Gasteiger partial charge in [0, 0.05) is 11.6 Å². The Morgan fingerprint density at radius 2 is 1.83 bits per heavy atom. The highest BCUT2D eigenvalue weighted by molar-refractivity contribution is 6.31. The standard InChI is InChI=1S/C23H18ClFN2O2/c1-15(29-23(28)17-7-10-19(25)11-8-17)22-26-20-13-18(24)9-12-21(20)27(22)14-16-5-3-2-4-6-16/h2-13,15H,14H2,1H3/t15-/m0/s1. The van der Waals surface area contributed by atoms with Crippen LogP contribution in [0.5, 0.6) is 0 Å². The van der Waals surface area contributed by atoms with Gasteiger partial charge in [0.05, 0.1) is 16.6 Å². The van der Waals surface area contributed by atoms with Gasteiger partial charge in [0.25, 0.3) is 0 Å². The molecule has 3 aromatic carbocycles. The van der Waals surface area contributed by atoms with Gasteiger partial charge in [0.2, 0.25) is 0 Å². The van der Waals surface area contributed by atoms with Crippen molar-refractivity contribution in [3.8, 4) is 0 Å². The molecule has 0 amide bonds. The van der Waals surface area contributed by atoms with E-state index in [9.17, 15) is 9.18 Å². The van der Waals surface area contributed by atoms with Gasteiger partial charge < -0.3 is 9.30 Å². The third-order valence-corrected chi connectivity index (χ3v) is 4.89. The fourth-order valence-corrected chi connectivity index (χ4v) is 3.40. The van der Waals surface area contributed by atoms with Gasteiger partial charge >= 0.3 is 5.97 Å². The number of ether oxygens (including phenoxy) is 1. The Bertz CT molecular complexity index is 1160. The Kier molecular flexibility index (Phi) is 5.32. The number of benzene rings is 3. The van der Waals surface area contributed by atoms with Crippen LogP contribution in [-0.2, 0) is 11.3 Å². The van der Waals surface area contributed by atoms with Gasteiger partial charge in [-0.05, 0) is 55.0 Å².